The molecular weight excluding hydrogens is 442 g/mol. The molecule has 0 bridgehead atoms. The summed E-state index contributed by atoms with van der Waals surface area (Å²) < 4.78 is 10.7. The quantitative estimate of drug-likeness (QED) is 0.200. The minimum Gasteiger partial charge on any atom is -0.493 e. The highest BCUT2D eigenvalue weighted by Gasteiger charge is 2.13. The Morgan fingerprint density at radius 2 is 1.64 bits per heavy atom. The van der Waals surface area contributed by atoms with Crippen molar-refractivity contribution < 1.29 is 23.9 Å². The van der Waals surface area contributed by atoms with Crippen molar-refractivity contribution in [3.63, 3.8) is 0 Å². The Morgan fingerprint density at radius 3 is 2.39 bits per heavy atom. The van der Waals surface area contributed by atoms with Crippen molar-refractivity contribution in [3.8, 4) is 5.75 Å². The Morgan fingerprint density at radius 1 is 0.909 bits per heavy atom. The molecule has 2 amide bonds. The molecule has 2 aromatic carbocycles. The van der Waals surface area contributed by atoms with Gasteiger partial charge >= 0.3 is 5.97 Å². The Balaban J connectivity index is 1.62. The number of amides is 2. The van der Waals surface area contributed by atoms with Crippen LogP contribution in [0.2, 0.25) is 0 Å². The zero-order valence-corrected chi connectivity index (χ0v) is 19.4. The summed E-state index contributed by atoms with van der Waals surface area (Å²) in [5.74, 6) is -0.919. The van der Waals surface area contributed by atoms with Gasteiger partial charge in [-0.15, -0.1) is 0 Å². The summed E-state index contributed by atoms with van der Waals surface area (Å²) in [5, 5.41) is 2.32. The monoisotopic (exact) mass is 471 g/mol. The van der Waals surface area contributed by atoms with Crippen LogP contribution >= 0.6 is 12.2 Å². The van der Waals surface area contributed by atoms with E-state index in [0.29, 0.717) is 30.9 Å². The molecular formula is C24H29N3O5S. The van der Waals surface area contributed by atoms with Gasteiger partial charge in [-0.1, -0.05) is 49.4 Å². The summed E-state index contributed by atoms with van der Waals surface area (Å²) in [6.07, 6.45) is 2.19. The highest BCUT2D eigenvalue weighted by atomic mass is 32.1. The molecule has 0 aliphatic rings. The van der Waals surface area contributed by atoms with E-state index >= 15 is 0 Å². The van der Waals surface area contributed by atoms with E-state index in [2.05, 4.69) is 16.2 Å². The van der Waals surface area contributed by atoms with E-state index in [1.165, 1.54) is 5.56 Å². The molecule has 0 saturated heterocycles. The third kappa shape index (κ3) is 10.1. The zero-order valence-electron chi connectivity index (χ0n) is 18.6. The Labute approximate surface area is 199 Å². The van der Waals surface area contributed by atoms with Crippen molar-refractivity contribution in [3.05, 3.63) is 65.7 Å². The largest absolute Gasteiger partial charge is 0.493 e. The molecule has 0 fully saturated rings. The van der Waals surface area contributed by atoms with Crippen molar-refractivity contribution in [1.29, 1.82) is 0 Å². The smallest absolute Gasteiger partial charge is 0.306 e. The number of carbonyl (C=O) groups is 3. The van der Waals surface area contributed by atoms with Gasteiger partial charge in [-0.05, 0) is 49.2 Å². The summed E-state index contributed by atoms with van der Waals surface area (Å²) in [7, 11) is 0. The second-order valence-corrected chi connectivity index (χ2v) is 7.52. The number of nitrogens with one attached hydrogen (secondary N) is 3. The fraction of sp³-hybridized carbons (Fsp3) is 0.333. The van der Waals surface area contributed by atoms with E-state index in [9.17, 15) is 14.4 Å². The molecule has 0 saturated carbocycles. The SMILES string of the molecule is CCCOc1ccccc1C(=O)NNC(=S)NC(=O)CCC(=O)OCCCc1ccccc1. The molecule has 3 N–H and O–H groups in total. The van der Waals surface area contributed by atoms with Crippen LogP contribution in [0.1, 0.15) is 48.5 Å². The number of benzene rings is 2. The molecule has 176 valence electrons. The van der Waals surface area contributed by atoms with E-state index in [0.717, 1.165) is 12.8 Å². The average molecular weight is 472 g/mol. The third-order valence-corrected chi connectivity index (χ3v) is 4.61. The molecule has 0 aliphatic heterocycles. The fourth-order valence-corrected chi connectivity index (χ4v) is 2.95. The van der Waals surface area contributed by atoms with Crippen molar-refractivity contribution in [2.24, 2.45) is 0 Å². The number of thiocarbonyl (C=S) groups is 1. The van der Waals surface area contributed by atoms with E-state index < -0.39 is 17.8 Å². The van der Waals surface area contributed by atoms with Crippen LogP contribution in [-0.2, 0) is 20.7 Å². The van der Waals surface area contributed by atoms with Gasteiger partial charge in [-0.3, -0.25) is 25.2 Å². The minimum atomic E-state index is -0.463. The van der Waals surface area contributed by atoms with Crippen LogP contribution in [0.5, 0.6) is 5.75 Å². The molecule has 33 heavy (non-hydrogen) atoms. The lowest BCUT2D eigenvalue weighted by Gasteiger charge is -2.13. The van der Waals surface area contributed by atoms with Gasteiger partial charge < -0.3 is 14.8 Å². The summed E-state index contributed by atoms with van der Waals surface area (Å²) >= 11 is 5.01. The zero-order chi connectivity index (χ0) is 23.9. The van der Waals surface area contributed by atoms with Gasteiger partial charge in [-0.25, -0.2) is 0 Å². The second-order valence-electron chi connectivity index (χ2n) is 7.11. The molecule has 9 heteroatoms. The summed E-state index contributed by atoms with van der Waals surface area (Å²) in [5.41, 5.74) is 6.40. The van der Waals surface area contributed by atoms with Gasteiger partial charge in [-0.2, -0.15) is 0 Å². The van der Waals surface area contributed by atoms with Gasteiger partial charge in [0.05, 0.1) is 25.2 Å². The normalized spacial score (nSPS) is 10.1. The standard InChI is InChI=1S/C24H29N3O5S/c1-2-16-31-20-13-7-6-12-19(20)23(30)26-27-24(33)25-21(28)14-15-22(29)32-17-8-11-18-9-4-3-5-10-18/h3-7,9-10,12-13H,2,8,11,14-17H2,1H3,(H,26,30)(H2,25,27,28,33). The predicted octanol–water partition coefficient (Wildman–Crippen LogP) is 3.07. The molecule has 2 aromatic rings. The molecule has 0 radical (unpaired) electrons. The second kappa shape index (κ2) is 14.6. The highest BCUT2D eigenvalue weighted by Crippen LogP contribution is 2.17. The minimum absolute atomic E-state index is 0.0612. The lowest BCUT2D eigenvalue weighted by Crippen LogP contribution is -2.48. The molecule has 0 atom stereocenters. The first-order valence-electron chi connectivity index (χ1n) is 10.8. The first-order valence-corrected chi connectivity index (χ1v) is 11.2. The number of aryl methyl sites for hydroxylation is 1. The number of para-hydroxylation sites is 1. The van der Waals surface area contributed by atoms with Crippen LogP contribution < -0.4 is 20.9 Å². The van der Waals surface area contributed by atoms with E-state index in [1.807, 2.05) is 37.3 Å². The van der Waals surface area contributed by atoms with Crippen molar-refractivity contribution in [2.75, 3.05) is 13.2 Å². The molecule has 8 nitrogen and oxygen atoms in total. The van der Waals surface area contributed by atoms with Crippen LogP contribution in [0.25, 0.3) is 0 Å². The van der Waals surface area contributed by atoms with Gasteiger partial charge in [0.15, 0.2) is 5.11 Å². The number of carbonyl (C=O) groups excluding carboxylic acids is 3. The van der Waals surface area contributed by atoms with Gasteiger partial charge in [0.2, 0.25) is 5.91 Å². The van der Waals surface area contributed by atoms with Crippen molar-refractivity contribution in [2.45, 2.75) is 39.0 Å². The van der Waals surface area contributed by atoms with E-state index in [-0.39, 0.29) is 18.0 Å². The fourth-order valence-electron chi connectivity index (χ4n) is 2.79. The van der Waals surface area contributed by atoms with Gasteiger partial charge in [0.25, 0.3) is 5.91 Å². The van der Waals surface area contributed by atoms with Crippen LogP contribution in [0.3, 0.4) is 0 Å². The predicted molar refractivity (Wildman–Crippen MR) is 129 cm³/mol. The van der Waals surface area contributed by atoms with Crippen LogP contribution in [0.4, 0.5) is 0 Å². The number of ether oxygens (including phenoxy) is 2. The van der Waals surface area contributed by atoms with Crippen molar-refractivity contribution in [1.82, 2.24) is 16.2 Å². The number of hydrogen-bond acceptors (Lipinski definition) is 6. The Kier molecular flexibility index (Phi) is 11.4. The lowest BCUT2D eigenvalue weighted by molar-refractivity contribution is -0.145. The van der Waals surface area contributed by atoms with E-state index in [4.69, 9.17) is 21.7 Å². The van der Waals surface area contributed by atoms with Crippen molar-refractivity contribution >= 4 is 35.1 Å². The maximum atomic E-state index is 12.4. The van der Waals surface area contributed by atoms with E-state index in [1.54, 1.807) is 24.3 Å². The number of esters is 1. The maximum absolute atomic E-state index is 12.4. The molecule has 0 unspecified atom stereocenters. The summed E-state index contributed by atoms with van der Waals surface area (Å²) in [4.78, 5) is 36.1. The van der Waals surface area contributed by atoms with Crippen LogP contribution in [0, 0.1) is 0 Å². The number of hydrazine groups is 1. The molecule has 0 heterocycles. The summed E-state index contributed by atoms with van der Waals surface area (Å²) in [6, 6.07) is 16.7. The number of rotatable bonds is 11. The molecule has 2 rings (SSSR count). The van der Waals surface area contributed by atoms with Crippen LogP contribution in [0.15, 0.2) is 54.6 Å². The van der Waals surface area contributed by atoms with Crippen LogP contribution in [-0.4, -0.2) is 36.1 Å². The number of hydrogen-bond donors (Lipinski definition) is 3. The van der Waals surface area contributed by atoms with Gasteiger partial charge in [0.1, 0.15) is 5.75 Å². The molecule has 0 spiro atoms. The molecule has 0 aromatic heterocycles. The first kappa shape index (κ1) is 25.8. The Bertz CT molecular complexity index is 937. The first-order chi connectivity index (χ1) is 16.0. The summed E-state index contributed by atoms with van der Waals surface area (Å²) in [6.45, 7) is 2.75. The Hall–Kier alpha value is -3.46. The van der Waals surface area contributed by atoms with Gasteiger partial charge in [0, 0.05) is 6.42 Å². The average Bonchev–Trinajstić information content (AvgIpc) is 2.83. The topological polar surface area (TPSA) is 106 Å². The third-order valence-electron chi connectivity index (χ3n) is 4.41. The maximum Gasteiger partial charge on any atom is 0.306 e. The lowest BCUT2D eigenvalue weighted by atomic mass is 10.1. The molecule has 0 aliphatic carbocycles. The highest BCUT2D eigenvalue weighted by molar-refractivity contribution is 7.80.